The lowest BCUT2D eigenvalue weighted by Crippen LogP contribution is -2.58. The molecule has 0 saturated carbocycles. The molecule has 0 aliphatic carbocycles. The Kier molecular flexibility index (Phi) is 7.04. The summed E-state index contributed by atoms with van der Waals surface area (Å²) in [5.41, 5.74) is 5.18. The van der Waals surface area contributed by atoms with Gasteiger partial charge in [0.05, 0.1) is 0 Å². The molecule has 5 nitrogen and oxygen atoms in total. The average Bonchev–Trinajstić information content (AvgIpc) is 2.21. The molecular formula is C10H23NO4. The van der Waals surface area contributed by atoms with E-state index in [2.05, 4.69) is 0 Å². The van der Waals surface area contributed by atoms with Gasteiger partial charge in [-0.05, 0) is 6.42 Å². The highest BCUT2D eigenvalue weighted by atomic mass is 16.3. The van der Waals surface area contributed by atoms with E-state index < -0.39 is 17.4 Å². The van der Waals surface area contributed by atoms with Crippen LogP contribution >= 0.6 is 0 Å². The Hall–Kier alpha value is -0.200. The summed E-state index contributed by atoms with van der Waals surface area (Å²) >= 11 is 0. The van der Waals surface area contributed by atoms with Crippen LogP contribution in [0.1, 0.15) is 19.8 Å². The molecule has 0 aliphatic rings. The van der Waals surface area contributed by atoms with Crippen LogP contribution in [0.2, 0.25) is 0 Å². The standard InChI is InChI=1S/C10H23NO4/c1-2-3-10(11,8(4-12)5-13)9(6-14)7-15/h8-9,12-15H,2-7,11H2,1H3. The van der Waals surface area contributed by atoms with Crippen molar-refractivity contribution in [2.24, 2.45) is 17.6 Å². The third kappa shape index (κ3) is 3.39. The fourth-order valence-electron chi connectivity index (χ4n) is 1.97. The van der Waals surface area contributed by atoms with Crippen LogP contribution in [-0.4, -0.2) is 52.4 Å². The summed E-state index contributed by atoms with van der Waals surface area (Å²) < 4.78 is 0. The van der Waals surface area contributed by atoms with Gasteiger partial charge in [-0.3, -0.25) is 0 Å². The molecule has 0 amide bonds. The maximum atomic E-state index is 9.12. The second-order valence-electron chi connectivity index (χ2n) is 3.99. The zero-order valence-electron chi connectivity index (χ0n) is 9.26. The third-order valence-electron chi connectivity index (χ3n) is 3.08. The van der Waals surface area contributed by atoms with Crippen molar-refractivity contribution >= 4 is 0 Å². The van der Waals surface area contributed by atoms with Crippen molar-refractivity contribution in [3.05, 3.63) is 0 Å². The number of hydrogen-bond donors (Lipinski definition) is 5. The van der Waals surface area contributed by atoms with Gasteiger partial charge in [-0.2, -0.15) is 0 Å². The van der Waals surface area contributed by atoms with Crippen molar-refractivity contribution in [1.82, 2.24) is 0 Å². The van der Waals surface area contributed by atoms with Gasteiger partial charge < -0.3 is 26.2 Å². The fourth-order valence-corrected chi connectivity index (χ4v) is 1.97. The van der Waals surface area contributed by atoms with Crippen molar-refractivity contribution in [2.45, 2.75) is 25.3 Å². The first kappa shape index (κ1) is 14.8. The molecule has 0 atom stereocenters. The van der Waals surface area contributed by atoms with E-state index >= 15 is 0 Å². The smallest absolute Gasteiger partial charge is 0.0499 e. The van der Waals surface area contributed by atoms with Crippen molar-refractivity contribution in [3.63, 3.8) is 0 Å². The Balaban J connectivity index is 4.82. The Morgan fingerprint density at radius 1 is 0.933 bits per heavy atom. The van der Waals surface area contributed by atoms with Crippen molar-refractivity contribution < 1.29 is 20.4 Å². The van der Waals surface area contributed by atoms with Gasteiger partial charge in [-0.25, -0.2) is 0 Å². The first-order valence-corrected chi connectivity index (χ1v) is 5.32. The number of aliphatic hydroxyl groups excluding tert-OH is 4. The van der Waals surface area contributed by atoms with Crippen LogP contribution in [0.15, 0.2) is 0 Å². The summed E-state index contributed by atoms with van der Waals surface area (Å²) in [5, 5.41) is 36.5. The zero-order valence-corrected chi connectivity index (χ0v) is 9.26. The summed E-state index contributed by atoms with van der Waals surface area (Å²) in [4.78, 5) is 0. The molecule has 0 fully saturated rings. The predicted molar refractivity (Wildman–Crippen MR) is 57.1 cm³/mol. The quantitative estimate of drug-likeness (QED) is 0.350. The van der Waals surface area contributed by atoms with E-state index in [0.717, 1.165) is 6.42 Å². The summed E-state index contributed by atoms with van der Waals surface area (Å²) in [5.74, 6) is -1.02. The maximum absolute atomic E-state index is 9.12. The number of aliphatic hydroxyl groups is 4. The highest BCUT2D eigenvalue weighted by molar-refractivity contribution is 4.96. The van der Waals surface area contributed by atoms with E-state index in [9.17, 15) is 0 Å². The Bertz CT molecular complexity index is 146. The zero-order chi connectivity index (χ0) is 11.9. The lowest BCUT2D eigenvalue weighted by molar-refractivity contribution is 0.00660. The molecule has 0 saturated heterocycles. The molecule has 0 spiro atoms. The van der Waals surface area contributed by atoms with Crippen molar-refractivity contribution in [3.8, 4) is 0 Å². The minimum Gasteiger partial charge on any atom is -0.396 e. The molecule has 6 N–H and O–H groups in total. The predicted octanol–water partition coefficient (Wildman–Crippen LogP) is -1.31. The van der Waals surface area contributed by atoms with Crippen LogP contribution < -0.4 is 5.73 Å². The Morgan fingerprint density at radius 3 is 1.47 bits per heavy atom. The van der Waals surface area contributed by atoms with E-state index in [1.807, 2.05) is 6.92 Å². The summed E-state index contributed by atoms with van der Waals surface area (Å²) in [7, 11) is 0. The molecule has 0 heterocycles. The van der Waals surface area contributed by atoms with Gasteiger partial charge in [-0.1, -0.05) is 13.3 Å². The highest BCUT2D eigenvalue weighted by Gasteiger charge is 2.40. The minimum atomic E-state index is -0.915. The van der Waals surface area contributed by atoms with E-state index in [1.54, 1.807) is 0 Å². The average molecular weight is 221 g/mol. The third-order valence-corrected chi connectivity index (χ3v) is 3.08. The van der Waals surface area contributed by atoms with Gasteiger partial charge in [0.1, 0.15) is 0 Å². The topological polar surface area (TPSA) is 107 Å². The van der Waals surface area contributed by atoms with Crippen LogP contribution in [0.25, 0.3) is 0 Å². The molecule has 0 bridgehead atoms. The van der Waals surface area contributed by atoms with E-state index in [-0.39, 0.29) is 26.4 Å². The molecular weight excluding hydrogens is 198 g/mol. The monoisotopic (exact) mass is 221 g/mol. The van der Waals surface area contributed by atoms with Crippen LogP contribution in [0, 0.1) is 11.8 Å². The van der Waals surface area contributed by atoms with E-state index in [4.69, 9.17) is 26.2 Å². The molecule has 92 valence electrons. The number of rotatable bonds is 8. The van der Waals surface area contributed by atoms with Crippen molar-refractivity contribution in [1.29, 1.82) is 0 Å². The van der Waals surface area contributed by atoms with Crippen LogP contribution in [-0.2, 0) is 0 Å². The summed E-state index contributed by atoms with van der Waals surface area (Å²) in [6.07, 6.45) is 1.31. The normalized spacial score (nSPS) is 12.8. The van der Waals surface area contributed by atoms with Crippen molar-refractivity contribution in [2.75, 3.05) is 26.4 Å². The number of hydrogen-bond acceptors (Lipinski definition) is 5. The van der Waals surface area contributed by atoms with Gasteiger partial charge in [0, 0.05) is 43.8 Å². The van der Waals surface area contributed by atoms with E-state index in [1.165, 1.54) is 0 Å². The molecule has 0 aliphatic heterocycles. The van der Waals surface area contributed by atoms with Crippen LogP contribution in [0.4, 0.5) is 0 Å². The summed E-state index contributed by atoms with van der Waals surface area (Å²) in [6.45, 7) is 0.944. The largest absolute Gasteiger partial charge is 0.396 e. The Labute approximate surface area is 90.5 Å². The van der Waals surface area contributed by atoms with Gasteiger partial charge in [0.2, 0.25) is 0 Å². The minimum absolute atomic E-state index is 0.247. The van der Waals surface area contributed by atoms with Crippen LogP contribution in [0.3, 0.4) is 0 Å². The molecule has 0 aromatic rings. The molecule has 0 rings (SSSR count). The fraction of sp³-hybridized carbons (Fsp3) is 1.00. The molecule has 15 heavy (non-hydrogen) atoms. The molecule has 5 heteroatoms. The lowest BCUT2D eigenvalue weighted by atomic mass is 9.72. The second-order valence-corrected chi connectivity index (χ2v) is 3.99. The molecule has 0 aromatic heterocycles. The van der Waals surface area contributed by atoms with Gasteiger partial charge in [-0.15, -0.1) is 0 Å². The van der Waals surface area contributed by atoms with Gasteiger partial charge in [0.25, 0.3) is 0 Å². The maximum Gasteiger partial charge on any atom is 0.0499 e. The first-order chi connectivity index (χ1) is 7.10. The summed E-state index contributed by atoms with van der Waals surface area (Å²) in [6, 6.07) is 0. The number of nitrogens with two attached hydrogens (primary N) is 1. The molecule has 0 aromatic carbocycles. The van der Waals surface area contributed by atoms with E-state index in [0.29, 0.717) is 6.42 Å². The molecule has 0 unspecified atom stereocenters. The van der Waals surface area contributed by atoms with Gasteiger partial charge >= 0.3 is 0 Å². The molecule has 0 radical (unpaired) electrons. The first-order valence-electron chi connectivity index (χ1n) is 5.32. The van der Waals surface area contributed by atoms with Gasteiger partial charge in [0.15, 0.2) is 0 Å². The lowest BCUT2D eigenvalue weighted by Gasteiger charge is -2.41. The highest BCUT2D eigenvalue weighted by Crippen LogP contribution is 2.28. The van der Waals surface area contributed by atoms with Crippen LogP contribution in [0.5, 0.6) is 0 Å². The SMILES string of the molecule is CCCC(N)(C(CO)CO)C(CO)CO. The second kappa shape index (κ2) is 7.14. The Morgan fingerprint density at radius 2 is 1.27 bits per heavy atom.